The lowest BCUT2D eigenvalue weighted by Gasteiger charge is -2.10. The molecule has 0 heterocycles. The number of amides is 1. The van der Waals surface area contributed by atoms with Crippen molar-refractivity contribution in [2.24, 2.45) is 0 Å². The van der Waals surface area contributed by atoms with Crippen molar-refractivity contribution in [3.63, 3.8) is 0 Å². The number of nitrogens with one attached hydrogen (secondary N) is 1. The molecule has 0 atom stereocenters. The van der Waals surface area contributed by atoms with E-state index in [9.17, 15) is 9.59 Å². The molecule has 3 N–H and O–H groups in total. The third-order valence-electron chi connectivity index (χ3n) is 2.97. The molecule has 0 bridgehead atoms. The Morgan fingerprint density at radius 3 is 2.39 bits per heavy atom. The Morgan fingerprint density at radius 2 is 1.78 bits per heavy atom. The van der Waals surface area contributed by atoms with E-state index in [1.54, 1.807) is 36.4 Å². The van der Waals surface area contributed by atoms with Crippen molar-refractivity contribution in [1.82, 2.24) is 0 Å². The van der Waals surface area contributed by atoms with Crippen LogP contribution in [0.1, 0.15) is 10.4 Å². The van der Waals surface area contributed by atoms with E-state index in [4.69, 9.17) is 10.5 Å². The number of ether oxygens (including phenoxy) is 2. The molecule has 0 unspecified atom stereocenters. The topological polar surface area (TPSA) is 90.6 Å². The lowest BCUT2D eigenvalue weighted by atomic mass is 10.1. The Labute approximate surface area is 133 Å². The highest BCUT2D eigenvalue weighted by molar-refractivity contribution is 5.98. The van der Waals surface area contributed by atoms with Crippen LogP contribution in [0.2, 0.25) is 0 Å². The van der Waals surface area contributed by atoms with Crippen LogP contribution < -0.4 is 15.8 Å². The Morgan fingerprint density at radius 1 is 1.13 bits per heavy atom. The zero-order chi connectivity index (χ0) is 16.8. The molecule has 0 aromatic heterocycles. The van der Waals surface area contributed by atoms with Gasteiger partial charge in [-0.25, -0.2) is 4.79 Å². The largest absolute Gasteiger partial charge is 0.465 e. The SMILES string of the molecule is C=CC(=O)Nc1ccc(Oc2ccc(N)c(C(=O)OC)c2)cc1. The summed E-state index contributed by atoms with van der Waals surface area (Å²) >= 11 is 0. The average Bonchev–Trinajstić information content (AvgIpc) is 2.57. The summed E-state index contributed by atoms with van der Waals surface area (Å²) < 4.78 is 10.3. The van der Waals surface area contributed by atoms with Gasteiger partial charge in [0.05, 0.1) is 12.7 Å². The third kappa shape index (κ3) is 4.10. The number of nitrogen functional groups attached to an aromatic ring is 1. The van der Waals surface area contributed by atoms with Crippen LogP contribution in [-0.4, -0.2) is 19.0 Å². The first kappa shape index (κ1) is 16.1. The quantitative estimate of drug-likeness (QED) is 0.503. The Kier molecular flexibility index (Phi) is 4.99. The van der Waals surface area contributed by atoms with E-state index in [0.717, 1.165) is 0 Å². The molecule has 0 fully saturated rings. The number of carbonyl (C=O) groups is 2. The minimum absolute atomic E-state index is 0.236. The second-order valence-electron chi connectivity index (χ2n) is 4.56. The van der Waals surface area contributed by atoms with E-state index < -0.39 is 5.97 Å². The van der Waals surface area contributed by atoms with Gasteiger partial charge in [-0.15, -0.1) is 0 Å². The number of hydrogen-bond acceptors (Lipinski definition) is 5. The summed E-state index contributed by atoms with van der Waals surface area (Å²) in [4.78, 5) is 22.8. The zero-order valence-corrected chi connectivity index (χ0v) is 12.5. The molecule has 23 heavy (non-hydrogen) atoms. The van der Waals surface area contributed by atoms with Crippen molar-refractivity contribution in [2.75, 3.05) is 18.2 Å². The standard InChI is InChI=1S/C17H16N2O4/c1-3-16(20)19-11-4-6-12(7-5-11)23-13-8-9-15(18)14(10-13)17(21)22-2/h3-10H,1,18H2,2H3,(H,19,20). The van der Waals surface area contributed by atoms with E-state index in [1.165, 1.54) is 19.3 Å². The van der Waals surface area contributed by atoms with Gasteiger partial charge in [0.25, 0.3) is 0 Å². The number of rotatable bonds is 5. The molecule has 6 heteroatoms. The van der Waals surface area contributed by atoms with Crippen LogP contribution in [-0.2, 0) is 9.53 Å². The van der Waals surface area contributed by atoms with Gasteiger partial charge in [0.1, 0.15) is 11.5 Å². The van der Waals surface area contributed by atoms with Crippen molar-refractivity contribution in [3.05, 3.63) is 60.7 Å². The van der Waals surface area contributed by atoms with Crippen molar-refractivity contribution in [1.29, 1.82) is 0 Å². The normalized spacial score (nSPS) is 9.78. The summed E-state index contributed by atoms with van der Waals surface area (Å²) in [5.74, 6) is 0.167. The minimum atomic E-state index is -0.532. The first-order valence-corrected chi connectivity index (χ1v) is 6.72. The molecule has 0 radical (unpaired) electrons. The van der Waals surface area contributed by atoms with Gasteiger partial charge in [-0.2, -0.15) is 0 Å². The number of benzene rings is 2. The van der Waals surface area contributed by atoms with Crippen LogP contribution in [0.5, 0.6) is 11.5 Å². The lowest BCUT2D eigenvalue weighted by molar-refractivity contribution is -0.111. The second-order valence-corrected chi connectivity index (χ2v) is 4.56. The Balaban J connectivity index is 2.14. The summed E-state index contributed by atoms with van der Waals surface area (Å²) in [6, 6.07) is 11.5. The maximum Gasteiger partial charge on any atom is 0.340 e. The van der Waals surface area contributed by atoms with Gasteiger partial charge in [0, 0.05) is 11.4 Å². The fourth-order valence-corrected chi connectivity index (χ4v) is 1.82. The first-order chi connectivity index (χ1) is 11.0. The molecule has 2 aromatic rings. The second kappa shape index (κ2) is 7.13. The summed E-state index contributed by atoms with van der Waals surface area (Å²) in [5, 5.41) is 2.63. The highest BCUT2D eigenvalue weighted by atomic mass is 16.5. The van der Waals surface area contributed by atoms with Crippen LogP contribution in [0.4, 0.5) is 11.4 Å². The van der Waals surface area contributed by atoms with E-state index in [-0.39, 0.29) is 11.5 Å². The highest BCUT2D eigenvalue weighted by Gasteiger charge is 2.11. The first-order valence-electron chi connectivity index (χ1n) is 6.72. The van der Waals surface area contributed by atoms with Crippen LogP contribution in [0.25, 0.3) is 0 Å². The van der Waals surface area contributed by atoms with Crippen LogP contribution in [0.3, 0.4) is 0 Å². The smallest absolute Gasteiger partial charge is 0.340 e. The monoisotopic (exact) mass is 312 g/mol. The number of hydrogen-bond donors (Lipinski definition) is 2. The molecule has 1 amide bonds. The van der Waals surface area contributed by atoms with Gasteiger partial charge >= 0.3 is 5.97 Å². The van der Waals surface area contributed by atoms with Gasteiger partial charge in [0.15, 0.2) is 0 Å². The molecular weight excluding hydrogens is 296 g/mol. The summed E-state index contributed by atoms with van der Waals surface area (Å²) in [7, 11) is 1.28. The van der Waals surface area contributed by atoms with E-state index >= 15 is 0 Å². The summed E-state index contributed by atoms with van der Waals surface area (Å²) in [5.41, 5.74) is 6.90. The van der Waals surface area contributed by atoms with Crippen molar-refractivity contribution >= 4 is 23.3 Å². The average molecular weight is 312 g/mol. The molecule has 0 spiro atoms. The van der Waals surface area contributed by atoms with Crippen LogP contribution >= 0.6 is 0 Å². The molecule has 6 nitrogen and oxygen atoms in total. The van der Waals surface area contributed by atoms with E-state index in [0.29, 0.717) is 22.9 Å². The zero-order valence-electron chi connectivity index (χ0n) is 12.5. The number of carbonyl (C=O) groups excluding carboxylic acids is 2. The number of methoxy groups -OCH3 is 1. The van der Waals surface area contributed by atoms with Crippen LogP contribution in [0, 0.1) is 0 Å². The van der Waals surface area contributed by atoms with Gasteiger partial charge in [-0.1, -0.05) is 6.58 Å². The molecular formula is C17H16N2O4. The molecule has 118 valence electrons. The predicted molar refractivity (Wildman–Crippen MR) is 87.5 cm³/mol. The van der Waals surface area contributed by atoms with Gasteiger partial charge in [-0.3, -0.25) is 4.79 Å². The lowest BCUT2D eigenvalue weighted by Crippen LogP contribution is -2.07. The maximum absolute atomic E-state index is 11.6. The van der Waals surface area contributed by atoms with Gasteiger partial charge < -0.3 is 20.5 Å². The van der Waals surface area contributed by atoms with Crippen molar-refractivity contribution < 1.29 is 19.1 Å². The van der Waals surface area contributed by atoms with Crippen molar-refractivity contribution in [3.8, 4) is 11.5 Å². The molecule has 0 aliphatic rings. The van der Waals surface area contributed by atoms with E-state index in [2.05, 4.69) is 16.6 Å². The molecule has 0 saturated heterocycles. The molecule has 0 aliphatic carbocycles. The van der Waals surface area contributed by atoms with Gasteiger partial charge in [-0.05, 0) is 48.5 Å². The maximum atomic E-state index is 11.6. The van der Waals surface area contributed by atoms with Crippen LogP contribution in [0.15, 0.2) is 55.1 Å². The minimum Gasteiger partial charge on any atom is -0.465 e. The van der Waals surface area contributed by atoms with Crippen molar-refractivity contribution in [2.45, 2.75) is 0 Å². The van der Waals surface area contributed by atoms with E-state index in [1.807, 2.05) is 0 Å². The number of nitrogens with two attached hydrogens (primary N) is 1. The fourth-order valence-electron chi connectivity index (χ4n) is 1.82. The molecule has 0 saturated carbocycles. The molecule has 2 rings (SSSR count). The predicted octanol–water partition coefficient (Wildman–Crippen LogP) is 2.97. The summed E-state index contributed by atoms with van der Waals surface area (Å²) in [6.45, 7) is 3.38. The molecule has 0 aliphatic heterocycles. The Bertz CT molecular complexity index is 739. The van der Waals surface area contributed by atoms with Gasteiger partial charge in [0.2, 0.25) is 5.91 Å². The fraction of sp³-hybridized carbons (Fsp3) is 0.0588. The third-order valence-corrected chi connectivity index (χ3v) is 2.97. The number of anilines is 2. The highest BCUT2D eigenvalue weighted by Crippen LogP contribution is 2.26. The number of esters is 1. The summed E-state index contributed by atoms with van der Waals surface area (Å²) in [6.07, 6.45) is 1.19. The Hall–Kier alpha value is -3.28. The molecule has 2 aromatic carbocycles.